The van der Waals surface area contributed by atoms with E-state index in [1.165, 1.54) is 19.1 Å². The molecule has 1 aliphatic heterocycles. The fraction of sp³-hybridized carbons (Fsp3) is 0.120. The third kappa shape index (κ3) is 3.76. The molecule has 0 aliphatic carbocycles. The van der Waals surface area contributed by atoms with Crippen LogP contribution in [0.1, 0.15) is 17.2 Å². The Morgan fingerprint density at radius 1 is 0.938 bits per heavy atom. The molecular formula is C25H20BrNO5. The molecule has 7 heteroatoms. The maximum atomic E-state index is 13.2. The SMILES string of the molecule is COc1ccc(OC)c([C@H]2C(=C(O)c3ccc(Br)cc3)C(=O)C(=O)N2c2ccccc2)c1. The molecule has 0 radical (unpaired) electrons. The van der Waals surface area contributed by atoms with Gasteiger partial charge < -0.3 is 14.6 Å². The van der Waals surface area contributed by atoms with Crippen molar-refractivity contribution in [3.05, 3.63) is 94.0 Å². The number of rotatable bonds is 5. The summed E-state index contributed by atoms with van der Waals surface area (Å²) in [6.45, 7) is 0. The molecule has 32 heavy (non-hydrogen) atoms. The van der Waals surface area contributed by atoms with Gasteiger partial charge in [-0.3, -0.25) is 14.5 Å². The van der Waals surface area contributed by atoms with Crippen LogP contribution in [0.2, 0.25) is 0 Å². The Bertz CT molecular complexity index is 1200. The third-order valence-electron chi connectivity index (χ3n) is 5.33. The summed E-state index contributed by atoms with van der Waals surface area (Å²) in [6.07, 6.45) is 0. The quantitative estimate of drug-likeness (QED) is 0.304. The van der Waals surface area contributed by atoms with Crippen LogP contribution >= 0.6 is 15.9 Å². The van der Waals surface area contributed by atoms with E-state index >= 15 is 0 Å². The first-order valence-corrected chi connectivity index (χ1v) is 10.6. The molecule has 0 aromatic heterocycles. The molecule has 0 spiro atoms. The van der Waals surface area contributed by atoms with Gasteiger partial charge in [0.15, 0.2) is 0 Å². The highest BCUT2D eigenvalue weighted by atomic mass is 79.9. The highest BCUT2D eigenvalue weighted by Gasteiger charge is 2.48. The van der Waals surface area contributed by atoms with Crippen molar-refractivity contribution in [2.45, 2.75) is 6.04 Å². The van der Waals surface area contributed by atoms with E-state index in [9.17, 15) is 14.7 Å². The molecule has 162 valence electrons. The van der Waals surface area contributed by atoms with Crippen LogP contribution in [0.25, 0.3) is 5.76 Å². The molecule has 1 fully saturated rings. The van der Waals surface area contributed by atoms with Gasteiger partial charge in [0, 0.05) is 21.3 Å². The number of ketones is 1. The molecule has 1 N–H and O–H groups in total. The number of para-hydroxylation sites is 1. The van der Waals surface area contributed by atoms with Gasteiger partial charge in [0.1, 0.15) is 17.3 Å². The minimum atomic E-state index is -0.911. The monoisotopic (exact) mass is 493 g/mol. The molecule has 0 bridgehead atoms. The van der Waals surface area contributed by atoms with Gasteiger partial charge in [-0.1, -0.05) is 46.3 Å². The van der Waals surface area contributed by atoms with Crippen LogP contribution in [0, 0.1) is 0 Å². The van der Waals surface area contributed by atoms with E-state index in [-0.39, 0.29) is 11.3 Å². The highest BCUT2D eigenvalue weighted by molar-refractivity contribution is 9.10. The first-order chi connectivity index (χ1) is 15.5. The Labute approximate surface area is 193 Å². The molecule has 1 heterocycles. The first kappa shape index (κ1) is 21.6. The predicted octanol–water partition coefficient (Wildman–Crippen LogP) is 5.09. The van der Waals surface area contributed by atoms with Crippen molar-refractivity contribution < 1.29 is 24.2 Å². The van der Waals surface area contributed by atoms with Crippen LogP contribution in [-0.2, 0) is 9.59 Å². The Kier molecular flexibility index (Phi) is 6.01. The second-order valence-corrected chi connectivity index (χ2v) is 8.04. The Morgan fingerprint density at radius 2 is 1.62 bits per heavy atom. The number of benzene rings is 3. The topological polar surface area (TPSA) is 76.1 Å². The molecule has 3 aromatic carbocycles. The van der Waals surface area contributed by atoms with E-state index in [1.54, 1.807) is 66.7 Å². The predicted molar refractivity (Wildman–Crippen MR) is 125 cm³/mol. The van der Waals surface area contributed by atoms with Crippen molar-refractivity contribution in [3.8, 4) is 11.5 Å². The number of ether oxygens (including phenoxy) is 2. The van der Waals surface area contributed by atoms with E-state index in [0.717, 1.165) is 4.47 Å². The van der Waals surface area contributed by atoms with Gasteiger partial charge in [-0.15, -0.1) is 0 Å². The van der Waals surface area contributed by atoms with E-state index in [4.69, 9.17) is 9.47 Å². The maximum absolute atomic E-state index is 13.2. The van der Waals surface area contributed by atoms with Crippen molar-refractivity contribution in [1.29, 1.82) is 0 Å². The summed E-state index contributed by atoms with van der Waals surface area (Å²) >= 11 is 3.37. The van der Waals surface area contributed by atoms with Crippen molar-refractivity contribution in [1.82, 2.24) is 0 Å². The summed E-state index contributed by atoms with van der Waals surface area (Å²) in [4.78, 5) is 27.8. The Morgan fingerprint density at radius 3 is 2.25 bits per heavy atom. The Balaban J connectivity index is 2.01. The number of carbonyl (C=O) groups excluding carboxylic acids is 2. The summed E-state index contributed by atoms with van der Waals surface area (Å²) in [5, 5.41) is 11.2. The summed E-state index contributed by atoms with van der Waals surface area (Å²) in [5.41, 5.74) is 1.45. The lowest BCUT2D eigenvalue weighted by molar-refractivity contribution is -0.132. The van der Waals surface area contributed by atoms with Crippen LogP contribution in [-0.4, -0.2) is 31.0 Å². The number of hydrogen-bond donors (Lipinski definition) is 1. The summed E-state index contributed by atoms with van der Waals surface area (Å²) < 4.78 is 11.7. The zero-order valence-electron chi connectivity index (χ0n) is 17.4. The molecule has 3 aromatic rings. The number of aliphatic hydroxyl groups is 1. The minimum Gasteiger partial charge on any atom is -0.507 e. The van der Waals surface area contributed by atoms with Crippen molar-refractivity contribution in [2.24, 2.45) is 0 Å². The number of amides is 1. The lowest BCUT2D eigenvalue weighted by atomic mass is 9.94. The van der Waals surface area contributed by atoms with E-state index in [2.05, 4.69) is 15.9 Å². The molecular weight excluding hydrogens is 474 g/mol. The van der Waals surface area contributed by atoms with Crippen LogP contribution in [0.5, 0.6) is 11.5 Å². The minimum absolute atomic E-state index is 0.0206. The fourth-order valence-electron chi connectivity index (χ4n) is 3.80. The number of nitrogens with zero attached hydrogens (tertiary/aromatic N) is 1. The smallest absolute Gasteiger partial charge is 0.300 e. The van der Waals surface area contributed by atoms with Crippen LogP contribution in [0.3, 0.4) is 0 Å². The van der Waals surface area contributed by atoms with Crippen molar-refractivity contribution in [3.63, 3.8) is 0 Å². The van der Waals surface area contributed by atoms with Gasteiger partial charge in [-0.2, -0.15) is 0 Å². The van der Waals surface area contributed by atoms with Gasteiger partial charge in [0.2, 0.25) is 0 Å². The lowest BCUT2D eigenvalue weighted by Gasteiger charge is -2.27. The molecule has 1 aliphatic rings. The van der Waals surface area contributed by atoms with Crippen LogP contribution < -0.4 is 14.4 Å². The molecule has 1 atom stereocenters. The zero-order chi connectivity index (χ0) is 22.8. The van der Waals surface area contributed by atoms with Gasteiger partial charge in [0.25, 0.3) is 11.7 Å². The summed E-state index contributed by atoms with van der Waals surface area (Å²) in [5.74, 6) is -0.776. The van der Waals surface area contributed by atoms with E-state index < -0.39 is 17.7 Å². The number of Topliss-reactive ketones (excluding diaryl/α,β-unsaturated/α-hetero) is 1. The van der Waals surface area contributed by atoms with E-state index in [0.29, 0.717) is 28.3 Å². The Hall–Kier alpha value is -3.58. The summed E-state index contributed by atoms with van der Waals surface area (Å²) in [7, 11) is 3.04. The molecule has 0 unspecified atom stereocenters. The molecule has 0 saturated carbocycles. The third-order valence-corrected chi connectivity index (χ3v) is 5.86. The maximum Gasteiger partial charge on any atom is 0.300 e. The number of anilines is 1. The van der Waals surface area contributed by atoms with Crippen molar-refractivity contribution in [2.75, 3.05) is 19.1 Å². The highest BCUT2D eigenvalue weighted by Crippen LogP contribution is 2.45. The van der Waals surface area contributed by atoms with Crippen LogP contribution in [0.4, 0.5) is 5.69 Å². The molecule has 4 rings (SSSR count). The first-order valence-electron chi connectivity index (χ1n) is 9.80. The molecule has 1 amide bonds. The van der Waals surface area contributed by atoms with Gasteiger partial charge >= 0.3 is 0 Å². The lowest BCUT2D eigenvalue weighted by Crippen LogP contribution is -2.29. The number of hydrogen-bond acceptors (Lipinski definition) is 5. The molecule has 6 nitrogen and oxygen atoms in total. The van der Waals surface area contributed by atoms with Crippen molar-refractivity contribution >= 4 is 39.1 Å². The van der Waals surface area contributed by atoms with E-state index in [1.807, 2.05) is 6.07 Å². The summed E-state index contributed by atoms with van der Waals surface area (Å²) in [6, 6.07) is 20.0. The second-order valence-electron chi connectivity index (χ2n) is 7.12. The number of methoxy groups -OCH3 is 2. The molecule has 1 saturated heterocycles. The standard InChI is InChI=1S/C25H20BrNO5/c1-31-18-12-13-20(32-2)19(14-18)22-21(23(28)15-8-10-16(26)11-9-15)24(29)25(30)27(22)17-6-4-3-5-7-17/h3-14,22,28H,1-2H3/t22-/m0/s1. The van der Waals surface area contributed by atoms with Gasteiger partial charge in [0.05, 0.1) is 25.8 Å². The number of aliphatic hydroxyl groups excluding tert-OH is 1. The van der Waals surface area contributed by atoms with Crippen LogP contribution in [0.15, 0.2) is 82.8 Å². The zero-order valence-corrected chi connectivity index (χ0v) is 19.0. The fourth-order valence-corrected chi connectivity index (χ4v) is 4.06. The van der Waals surface area contributed by atoms with Gasteiger partial charge in [-0.25, -0.2) is 0 Å². The average Bonchev–Trinajstić information content (AvgIpc) is 3.09. The average molecular weight is 494 g/mol. The normalized spacial score (nSPS) is 17.5. The number of halogens is 1. The van der Waals surface area contributed by atoms with Gasteiger partial charge in [-0.05, 0) is 42.5 Å². The second kappa shape index (κ2) is 8.88. The largest absolute Gasteiger partial charge is 0.507 e. The number of carbonyl (C=O) groups is 2.